The minimum absolute atomic E-state index is 0.0679. The summed E-state index contributed by atoms with van der Waals surface area (Å²) in [4.78, 5) is 11.8. The van der Waals surface area contributed by atoms with Crippen LogP contribution in [0.5, 0.6) is 0 Å². The zero-order valence-corrected chi connectivity index (χ0v) is 10.9. The first-order chi connectivity index (χ1) is 9.77. The SMILES string of the molecule is Cn1ccc(CNC(=O)c2ccc(F)c(C(F)(F)F)c2)n1. The van der Waals surface area contributed by atoms with Crippen molar-refractivity contribution < 1.29 is 22.4 Å². The number of carbonyl (C=O) groups excluding carboxylic acids is 1. The molecule has 0 saturated heterocycles. The van der Waals surface area contributed by atoms with Gasteiger partial charge in [-0.3, -0.25) is 9.48 Å². The van der Waals surface area contributed by atoms with Gasteiger partial charge in [-0.15, -0.1) is 0 Å². The average Bonchev–Trinajstić information content (AvgIpc) is 2.81. The third-order valence-electron chi connectivity index (χ3n) is 2.73. The Bertz CT molecular complexity index is 664. The Morgan fingerprint density at radius 3 is 2.62 bits per heavy atom. The number of rotatable bonds is 3. The molecule has 0 unspecified atom stereocenters. The largest absolute Gasteiger partial charge is 0.419 e. The monoisotopic (exact) mass is 301 g/mol. The Labute approximate surface area is 117 Å². The number of carbonyl (C=O) groups is 1. The first-order valence-corrected chi connectivity index (χ1v) is 5.91. The van der Waals surface area contributed by atoms with Crippen molar-refractivity contribution in [1.29, 1.82) is 0 Å². The minimum Gasteiger partial charge on any atom is -0.346 e. The van der Waals surface area contributed by atoms with Gasteiger partial charge in [0, 0.05) is 18.8 Å². The van der Waals surface area contributed by atoms with E-state index in [-0.39, 0.29) is 12.1 Å². The molecule has 0 atom stereocenters. The lowest BCUT2D eigenvalue weighted by Gasteiger charge is -2.10. The van der Waals surface area contributed by atoms with Crippen molar-refractivity contribution in [2.75, 3.05) is 0 Å². The molecule has 1 N–H and O–H groups in total. The van der Waals surface area contributed by atoms with Gasteiger partial charge in [0.2, 0.25) is 0 Å². The van der Waals surface area contributed by atoms with E-state index in [0.717, 1.165) is 6.07 Å². The molecular weight excluding hydrogens is 290 g/mol. The zero-order valence-electron chi connectivity index (χ0n) is 10.9. The van der Waals surface area contributed by atoms with E-state index in [1.165, 1.54) is 4.68 Å². The van der Waals surface area contributed by atoms with Crippen LogP contribution in [0.3, 0.4) is 0 Å². The highest BCUT2D eigenvalue weighted by Gasteiger charge is 2.34. The van der Waals surface area contributed by atoms with Crippen molar-refractivity contribution in [1.82, 2.24) is 15.1 Å². The Morgan fingerprint density at radius 2 is 2.05 bits per heavy atom. The Morgan fingerprint density at radius 1 is 1.33 bits per heavy atom. The molecule has 1 aromatic heterocycles. The van der Waals surface area contributed by atoms with Crippen LogP contribution in [0.4, 0.5) is 17.6 Å². The highest BCUT2D eigenvalue weighted by Crippen LogP contribution is 2.31. The van der Waals surface area contributed by atoms with E-state index in [0.29, 0.717) is 17.8 Å². The molecule has 2 rings (SSSR count). The first kappa shape index (κ1) is 15.0. The number of halogens is 4. The quantitative estimate of drug-likeness (QED) is 0.886. The summed E-state index contributed by atoms with van der Waals surface area (Å²) in [5.74, 6) is -2.14. The van der Waals surface area contributed by atoms with Crippen molar-refractivity contribution >= 4 is 5.91 Å². The van der Waals surface area contributed by atoms with Gasteiger partial charge in [-0.1, -0.05) is 0 Å². The second-order valence-electron chi connectivity index (χ2n) is 4.36. The van der Waals surface area contributed by atoms with E-state index in [2.05, 4.69) is 10.4 Å². The van der Waals surface area contributed by atoms with Crippen LogP contribution in [0.2, 0.25) is 0 Å². The molecule has 2 aromatic rings. The molecule has 0 bridgehead atoms. The number of benzene rings is 1. The van der Waals surface area contributed by atoms with Crippen molar-refractivity contribution in [2.45, 2.75) is 12.7 Å². The van der Waals surface area contributed by atoms with E-state index in [4.69, 9.17) is 0 Å². The minimum atomic E-state index is -4.85. The summed E-state index contributed by atoms with van der Waals surface area (Å²) in [6.45, 7) is 0.0679. The van der Waals surface area contributed by atoms with Crippen LogP contribution in [-0.4, -0.2) is 15.7 Å². The Kier molecular flexibility index (Phi) is 3.97. The summed E-state index contributed by atoms with van der Waals surface area (Å²) in [6, 6.07) is 3.77. The number of nitrogens with zero attached hydrogens (tertiary/aromatic N) is 2. The molecule has 0 spiro atoms. The Balaban J connectivity index is 2.12. The molecule has 0 saturated carbocycles. The van der Waals surface area contributed by atoms with E-state index < -0.39 is 23.5 Å². The third-order valence-corrected chi connectivity index (χ3v) is 2.73. The predicted molar refractivity (Wildman–Crippen MR) is 65.8 cm³/mol. The number of hydrogen-bond donors (Lipinski definition) is 1. The molecule has 112 valence electrons. The maximum atomic E-state index is 13.1. The summed E-state index contributed by atoms with van der Waals surface area (Å²) in [6.07, 6.45) is -3.18. The van der Waals surface area contributed by atoms with E-state index in [1.807, 2.05) is 0 Å². The molecule has 21 heavy (non-hydrogen) atoms. The number of alkyl halides is 3. The van der Waals surface area contributed by atoms with Crippen molar-refractivity contribution in [3.63, 3.8) is 0 Å². The molecule has 8 heteroatoms. The first-order valence-electron chi connectivity index (χ1n) is 5.91. The van der Waals surface area contributed by atoms with Gasteiger partial charge in [0.15, 0.2) is 0 Å². The summed E-state index contributed by atoms with van der Waals surface area (Å²) < 4.78 is 52.3. The van der Waals surface area contributed by atoms with Crippen LogP contribution in [0.15, 0.2) is 30.5 Å². The molecule has 0 radical (unpaired) electrons. The molecule has 0 aliphatic carbocycles. The average molecular weight is 301 g/mol. The molecule has 1 amide bonds. The van der Waals surface area contributed by atoms with E-state index in [9.17, 15) is 22.4 Å². The lowest BCUT2D eigenvalue weighted by atomic mass is 10.1. The molecule has 1 heterocycles. The van der Waals surface area contributed by atoms with Crippen LogP contribution < -0.4 is 5.32 Å². The van der Waals surface area contributed by atoms with Gasteiger partial charge in [-0.05, 0) is 24.3 Å². The number of nitrogens with one attached hydrogen (secondary N) is 1. The van der Waals surface area contributed by atoms with Gasteiger partial charge in [0.05, 0.1) is 17.8 Å². The summed E-state index contributed by atoms with van der Waals surface area (Å²) in [5, 5.41) is 6.43. The summed E-state index contributed by atoms with van der Waals surface area (Å²) in [7, 11) is 1.70. The highest BCUT2D eigenvalue weighted by molar-refractivity contribution is 5.94. The van der Waals surface area contributed by atoms with Crippen LogP contribution in [0, 0.1) is 5.82 Å². The lowest BCUT2D eigenvalue weighted by Crippen LogP contribution is -2.24. The predicted octanol–water partition coefficient (Wildman–Crippen LogP) is 2.51. The molecule has 0 aliphatic heterocycles. The molecule has 4 nitrogen and oxygen atoms in total. The fourth-order valence-electron chi connectivity index (χ4n) is 1.71. The normalized spacial score (nSPS) is 11.5. The number of hydrogen-bond acceptors (Lipinski definition) is 2. The van der Waals surface area contributed by atoms with Gasteiger partial charge in [0.1, 0.15) is 5.82 Å². The van der Waals surface area contributed by atoms with Crippen LogP contribution in [0.1, 0.15) is 21.6 Å². The van der Waals surface area contributed by atoms with Gasteiger partial charge in [-0.25, -0.2) is 4.39 Å². The molecule has 0 aliphatic rings. The Hall–Kier alpha value is -2.38. The van der Waals surface area contributed by atoms with Crippen molar-refractivity contribution in [2.24, 2.45) is 7.05 Å². The van der Waals surface area contributed by atoms with E-state index in [1.54, 1.807) is 19.3 Å². The second kappa shape index (κ2) is 5.55. The lowest BCUT2D eigenvalue weighted by molar-refractivity contribution is -0.140. The maximum absolute atomic E-state index is 13.1. The van der Waals surface area contributed by atoms with Crippen LogP contribution >= 0.6 is 0 Å². The fraction of sp³-hybridized carbons (Fsp3) is 0.231. The highest BCUT2D eigenvalue weighted by atomic mass is 19.4. The third kappa shape index (κ3) is 3.59. The molecule has 0 fully saturated rings. The van der Waals surface area contributed by atoms with Crippen LogP contribution in [-0.2, 0) is 19.8 Å². The number of amides is 1. The van der Waals surface area contributed by atoms with Gasteiger partial charge < -0.3 is 5.32 Å². The van der Waals surface area contributed by atoms with Gasteiger partial charge >= 0.3 is 6.18 Å². The fourth-order valence-corrected chi connectivity index (χ4v) is 1.71. The number of aromatic nitrogens is 2. The second-order valence-corrected chi connectivity index (χ2v) is 4.36. The van der Waals surface area contributed by atoms with Crippen LogP contribution in [0.25, 0.3) is 0 Å². The summed E-state index contributed by atoms with van der Waals surface area (Å²) >= 11 is 0. The van der Waals surface area contributed by atoms with E-state index >= 15 is 0 Å². The summed E-state index contributed by atoms with van der Waals surface area (Å²) in [5.41, 5.74) is -1.17. The molecular formula is C13H11F4N3O. The number of aryl methyl sites for hydroxylation is 1. The van der Waals surface area contributed by atoms with Crippen molar-refractivity contribution in [3.8, 4) is 0 Å². The standard InChI is InChI=1S/C13H11F4N3O/c1-20-5-4-9(19-20)7-18-12(21)8-2-3-11(14)10(6-8)13(15,16)17/h2-6H,7H2,1H3,(H,18,21). The van der Waals surface area contributed by atoms with Gasteiger partial charge in [0.25, 0.3) is 5.91 Å². The topological polar surface area (TPSA) is 46.9 Å². The van der Waals surface area contributed by atoms with Crippen molar-refractivity contribution in [3.05, 3.63) is 53.1 Å². The molecule has 1 aromatic carbocycles. The smallest absolute Gasteiger partial charge is 0.346 e. The zero-order chi connectivity index (χ0) is 15.6. The van der Waals surface area contributed by atoms with Gasteiger partial charge in [-0.2, -0.15) is 18.3 Å². The maximum Gasteiger partial charge on any atom is 0.419 e.